The topological polar surface area (TPSA) is 57.6 Å². The number of aryl methyl sites for hydroxylation is 1. The van der Waals surface area contributed by atoms with Gasteiger partial charge in [0.15, 0.2) is 0 Å². The monoisotopic (exact) mass is 536 g/mol. The van der Waals surface area contributed by atoms with Crippen LogP contribution in [0.2, 0.25) is 0 Å². The van der Waals surface area contributed by atoms with Crippen LogP contribution in [0.3, 0.4) is 0 Å². The number of aromatic nitrogens is 1. The van der Waals surface area contributed by atoms with E-state index in [4.69, 9.17) is 0 Å². The molecule has 6 nitrogen and oxygen atoms in total. The van der Waals surface area contributed by atoms with Crippen LogP contribution in [-0.2, 0) is 11.3 Å². The molecule has 1 aliphatic rings. The molecule has 3 aromatic carbocycles. The van der Waals surface area contributed by atoms with Crippen molar-refractivity contribution < 1.29 is 9.59 Å². The number of amides is 2. The molecule has 0 spiro atoms. The summed E-state index contributed by atoms with van der Waals surface area (Å²) in [6, 6.07) is 29.4. The van der Waals surface area contributed by atoms with Crippen molar-refractivity contribution in [3.63, 3.8) is 0 Å². The number of hydrogen-bond acceptors (Lipinski definition) is 3. The van der Waals surface area contributed by atoms with Gasteiger partial charge in [-0.1, -0.05) is 78.9 Å². The Morgan fingerprint density at radius 2 is 1.52 bits per heavy atom. The van der Waals surface area contributed by atoms with Crippen LogP contribution < -0.4 is 5.32 Å². The minimum absolute atomic E-state index is 0.0549. The summed E-state index contributed by atoms with van der Waals surface area (Å²) in [5, 5.41) is 4.34. The lowest BCUT2D eigenvalue weighted by atomic mass is 9.83. The predicted molar refractivity (Wildman–Crippen MR) is 162 cm³/mol. The minimum Gasteiger partial charge on any atom is -0.351 e. The van der Waals surface area contributed by atoms with Crippen LogP contribution in [0.5, 0.6) is 0 Å². The zero-order chi connectivity index (χ0) is 27.9. The van der Waals surface area contributed by atoms with E-state index in [1.807, 2.05) is 17.0 Å². The maximum Gasteiger partial charge on any atom is 0.268 e. The number of fused-ring (bicyclic) bond motifs is 1. The summed E-state index contributed by atoms with van der Waals surface area (Å²) in [5.41, 5.74) is 5.18. The summed E-state index contributed by atoms with van der Waals surface area (Å²) in [4.78, 5) is 30.3. The van der Waals surface area contributed by atoms with E-state index >= 15 is 0 Å². The van der Waals surface area contributed by atoms with Gasteiger partial charge in [0.1, 0.15) is 5.69 Å². The summed E-state index contributed by atoms with van der Waals surface area (Å²) in [6.45, 7) is 3.73. The molecule has 0 unspecified atom stereocenters. The Labute approximate surface area is 237 Å². The van der Waals surface area contributed by atoms with Gasteiger partial charge >= 0.3 is 0 Å². The predicted octanol–water partition coefficient (Wildman–Crippen LogP) is 5.52. The van der Waals surface area contributed by atoms with E-state index in [1.165, 1.54) is 0 Å². The fraction of sp³-hybridized carbons (Fsp3) is 0.353. The summed E-state index contributed by atoms with van der Waals surface area (Å²) in [7, 11) is 4.16. The van der Waals surface area contributed by atoms with Crippen molar-refractivity contribution in [3.05, 3.63) is 107 Å². The van der Waals surface area contributed by atoms with Crippen LogP contribution in [0.25, 0.3) is 10.9 Å². The van der Waals surface area contributed by atoms with Crippen LogP contribution in [-0.4, -0.2) is 66.5 Å². The van der Waals surface area contributed by atoms with Crippen molar-refractivity contribution in [3.8, 4) is 0 Å². The molecule has 4 aromatic rings. The molecule has 40 heavy (non-hydrogen) atoms. The van der Waals surface area contributed by atoms with Gasteiger partial charge in [0, 0.05) is 55.0 Å². The van der Waals surface area contributed by atoms with Crippen molar-refractivity contribution in [1.29, 1.82) is 0 Å². The molecule has 2 heterocycles. The summed E-state index contributed by atoms with van der Waals surface area (Å²) < 4.78 is 2.23. The van der Waals surface area contributed by atoms with Crippen molar-refractivity contribution in [2.75, 3.05) is 40.3 Å². The van der Waals surface area contributed by atoms with Gasteiger partial charge in [0.25, 0.3) is 5.91 Å². The summed E-state index contributed by atoms with van der Waals surface area (Å²) >= 11 is 0. The van der Waals surface area contributed by atoms with Gasteiger partial charge in [-0.2, -0.15) is 0 Å². The van der Waals surface area contributed by atoms with Crippen molar-refractivity contribution >= 4 is 22.7 Å². The average molecular weight is 537 g/mol. The fourth-order valence-corrected chi connectivity index (χ4v) is 5.96. The van der Waals surface area contributed by atoms with Crippen molar-refractivity contribution in [2.24, 2.45) is 0 Å². The molecule has 0 atom stereocenters. The van der Waals surface area contributed by atoms with Gasteiger partial charge in [-0.3, -0.25) is 9.59 Å². The van der Waals surface area contributed by atoms with E-state index in [0.29, 0.717) is 19.5 Å². The first-order valence-electron chi connectivity index (χ1n) is 14.5. The third-order valence-electron chi connectivity index (χ3n) is 7.83. The molecule has 5 rings (SSSR count). The van der Waals surface area contributed by atoms with E-state index < -0.39 is 0 Å². The number of carbonyl (C=O) groups is 2. The van der Waals surface area contributed by atoms with E-state index in [1.54, 1.807) is 0 Å². The SMILES string of the molecule is CN(C)CCCn1c(C(=O)NCCCN2CCCC2=O)c(C(c2ccccc2)c2ccccc2)c2ccccc21. The van der Waals surface area contributed by atoms with Crippen LogP contribution in [0.4, 0.5) is 0 Å². The van der Waals surface area contributed by atoms with Crippen LogP contribution in [0.1, 0.15) is 58.8 Å². The standard InChI is InChI=1S/C34H40N4O2/c1-36(2)22-13-25-38-29-19-10-9-18-28(29)32(31(26-14-5-3-6-15-26)27-16-7-4-8-17-27)33(38)34(40)35-21-12-24-37-23-11-20-30(37)39/h3-10,14-19,31H,11-13,20-25H2,1-2H3,(H,35,40). The highest BCUT2D eigenvalue weighted by Gasteiger charge is 2.30. The molecule has 0 radical (unpaired) electrons. The lowest BCUT2D eigenvalue weighted by Crippen LogP contribution is -2.32. The lowest BCUT2D eigenvalue weighted by molar-refractivity contribution is -0.127. The summed E-state index contributed by atoms with van der Waals surface area (Å²) in [6.07, 6.45) is 3.25. The largest absolute Gasteiger partial charge is 0.351 e. The van der Waals surface area contributed by atoms with Crippen LogP contribution in [0, 0.1) is 0 Å². The van der Waals surface area contributed by atoms with E-state index in [0.717, 1.165) is 72.2 Å². The van der Waals surface area contributed by atoms with Crippen molar-refractivity contribution in [1.82, 2.24) is 19.7 Å². The number of benzene rings is 3. The molecule has 0 aliphatic carbocycles. The Hall–Kier alpha value is -3.90. The first kappa shape index (κ1) is 27.7. The van der Waals surface area contributed by atoms with Crippen molar-refractivity contribution in [2.45, 2.75) is 38.1 Å². The zero-order valence-corrected chi connectivity index (χ0v) is 23.7. The summed E-state index contributed by atoms with van der Waals surface area (Å²) in [5.74, 6) is 0.0780. The molecule has 1 N–H and O–H groups in total. The Kier molecular flexibility index (Phi) is 8.97. The second-order valence-electron chi connectivity index (χ2n) is 10.9. The number of nitrogens with zero attached hydrogens (tertiary/aromatic N) is 3. The van der Waals surface area contributed by atoms with E-state index in [-0.39, 0.29) is 17.7 Å². The maximum absolute atomic E-state index is 14.2. The van der Waals surface area contributed by atoms with Gasteiger partial charge < -0.3 is 19.7 Å². The number of carbonyl (C=O) groups excluding carboxylic acids is 2. The van der Waals surface area contributed by atoms with Gasteiger partial charge in [-0.25, -0.2) is 0 Å². The molecule has 208 valence electrons. The van der Waals surface area contributed by atoms with Gasteiger partial charge in [0.2, 0.25) is 5.91 Å². The van der Waals surface area contributed by atoms with E-state index in [9.17, 15) is 9.59 Å². The molecule has 0 saturated carbocycles. The number of nitrogens with one attached hydrogen (secondary N) is 1. The molecule has 0 bridgehead atoms. The second-order valence-corrected chi connectivity index (χ2v) is 10.9. The molecule has 1 saturated heterocycles. The lowest BCUT2D eigenvalue weighted by Gasteiger charge is -2.21. The quantitative estimate of drug-likeness (QED) is 0.243. The molecule has 1 aliphatic heterocycles. The average Bonchev–Trinajstić information content (AvgIpc) is 3.53. The van der Waals surface area contributed by atoms with Gasteiger partial charge in [-0.15, -0.1) is 0 Å². The Morgan fingerprint density at radius 1 is 0.875 bits per heavy atom. The molecular weight excluding hydrogens is 496 g/mol. The molecule has 1 fully saturated rings. The highest BCUT2D eigenvalue weighted by molar-refractivity contribution is 6.02. The highest BCUT2D eigenvalue weighted by atomic mass is 16.2. The van der Waals surface area contributed by atoms with Gasteiger partial charge in [-0.05, 0) is 57.1 Å². The first-order valence-corrected chi connectivity index (χ1v) is 14.5. The number of hydrogen-bond donors (Lipinski definition) is 1. The number of para-hydroxylation sites is 1. The Morgan fingerprint density at radius 3 is 2.15 bits per heavy atom. The normalized spacial score (nSPS) is 13.6. The van der Waals surface area contributed by atoms with Crippen LogP contribution >= 0.6 is 0 Å². The van der Waals surface area contributed by atoms with E-state index in [2.05, 4.69) is 102 Å². The second kappa shape index (κ2) is 13.0. The smallest absolute Gasteiger partial charge is 0.268 e. The molecule has 2 amide bonds. The fourth-order valence-electron chi connectivity index (χ4n) is 5.96. The maximum atomic E-state index is 14.2. The zero-order valence-electron chi connectivity index (χ0n) is 23.7. The number of likely N-dealkylation sites (tertiary alicyclic amines) is 1. The van der Waals surface area contributed by atoms with Gasteiger partial charge in [0.05, 0.1) is 0 Å². The Bertz CT molecular complexity index is 1390. The molecule has 6 heteroatoms. The number of rotatable bonds is 12. The highest BCUT2D eigenvalue weighted by Crippen LogP contribution is 2.40. The third kappa shape index (κ3) is 6.13. The minimum atomic E-state index is -0.0922. The third-order valence-corrected chi connectivity index (χ3v) is 7.83. The molecule has 1 aromatic heterocycles. The molecular formula is C34H40N4O2. The van der Waals surface area contributed by atoms with Crippen LogP contribution in [0.15, 0.2) is 84.9 Å². The first-order chi connectivity index (χ1) is 19.5. The Balaban J connectivity index is 1.57.